The minimum absolute atomic E-state index is 0.353. The minimum Gasteiger partial charge on any atom is -0.467 e. The van der Waals surface area contributed by atoms with Crippen molar-refractivity contribution in [3.05, 3.63) is 53.5 Å². The Kier molecular flexibility index (Phi) is 3.87. The topological polar surface area (TPSA) is 71.5 Å². The van der Waals surface area contributed by atoms with E-state index < -0.39 is 0 Å². The molecule has 0 unspecified atom stereocenters. The molecule has 0 fully saturated rings. The number of anilines is 1. The zero-order valence-corrected chi connectivity index (χ0v) is 11.0. The van der Waals surface area contributed by atoms with Crippen LogP contribution in [0.3, 0.4) is 0 Å². The van der Waals surface area contributed by atoms with E-state index in [2.05, 4.69) is 23.3 Å². The lowest BCUT2D eigenvalue weighted by Gasteiger charge is -2.19. The molecular weight excluding hydrogens is 242 g/mol. The predicted octanol–water partition coefficient (Wildman–Crippen LogP) is 1.83. The van der Waals surface area contributed by atoms with Gasteiger partial charge in [-0.15, -0.1) is 0 Å². The molecule has 0 atom stereocenters. The van der Waals surface area contributed by atoms with Crippen molar-refractivity contribution >= 4 is 11.6 Å². The summed E-state index contributed by atoms with van der Waals surface area (Å²) in [7, 11) is 1.98. The number of hydrogen-bond donors (Lipinski definition) is 2. The molecule has 5 nitrogen and oxygen atoms in total. The van der Waals surface area contributed by atoms with Crippen molar-refractivity contribution in [2.45, 2.75) is 13.5 Å². The van der Waals surface area contributed by atoms with Crippen LogP contribution in [0.2, 0.25) is 0 Å². The normalized spacial score (nSPS) is 10.3. The maximum absolute atomic E-state index is 11.3. The van der Waals surface area contributed by atoms with Gasteiger partial charge in [0.25, 0.3) is 5.91 Å². The number of nitrogens with two attached hydrogens (primary N) is 1. The van der Waals surface area contributed by atoms with Gasteiger partial charge in [0.2, 0.25) is 0 Å². The van der Waals surface area contributed by atoms with E-state index in [-0.39, 0.29) is 5.91 Å². The molecule has 0 saturated carbocycles. The molecule has 0 radical (unpaired) electrons. The Morgan fingerprint density at radius 2 is 2.16 bits per heavy atom. The minimum atomic E-state index is -0.353. The molecule has 1 aromatic heterocycles. The fraction of sp³-hybridized carbons (Fsp3) is 0.214. The van der Waals surface area contributed by atoms with E-state index in [0.717, 1.165) is 5.69 Å². The Labute approximate surface area is 112 Å². The van der Waals surface area contributed by atoms with Gasteiger partial charge in [-0.3, -0.25) is 10.2 Å². The van der Waals surface area contributed by atoms with Gasteiger partial charge in [-0.05, 0) is 24.6 Å². The van der Waals surface area contributed by atoms with Crippen LogP contribution in [0, 0.1) is 6.92 Å². The number of furan rings is 1. The first-order valence-electron chi connectivity index (χ1n) is 5.97. The third-order valence-corrected chi connectivity index (χ3v) is 2.97. The summed E-state index contributed by atoms with van der Waals surface area (Å²) in [5.41, 5.74) is 4.82. The van der Waals surface area contributed by atoms with Crippen LogP contribution in [0.5, 0.6) is 0 Å². The van der Waals surface area contributed by atoms with Crippen LogP contribution in [-0.2, 0) is 6.54 Å². The average molecular weight is 259 g/mol. The Morgan fingerprint density at radius 1 is 1.42 bits per heavy atom. The van der Waals surface area contributed by atoms with Crippen molar-refractivity contribution in [3.8, 4) is 0 Å². The van der Waals surface area contributed by atoms with Gasteiger partial charge in [0.15, 0.2) is 0 Å². The van der Waals surface area contributed by atoms with Crippen molar-refractivity contribution in [1.82, 2.24) is 5.43 Å². The number of hydrazine groups is 1. The molecule has 0 bridgehead atoms. The standard InChI is InChI=1S/C14H17N3O2/c1-10-5-3-4-6-13(10)17(2)8-12-7-11(9-19-12)14(18)16-15/h3-7,9H,8,15H2,1-2H3,(H,16,18). The van der Waals surface area contributed by atoms with Gasteiger partial charge in [-0.2, -0.15) is 0 Å². The monoisotopic (exact) mass is 259 g/mol. The van der Waals surface area contributed by atoms with Crippen LogP contribution in [0.25, 0.3) is 0 Å². The fourth-order valence-electron chi connectivity index (χ4n) is 1.98. The molecule has 2 rings (SSSR count). The summed E-state index contributed by atoms with van der Waals surface area (Å²) in [6, 6.07) is 9.79. The van der Waals surface area contributed by atoms with E-state index in [1.54, 1.807) is 6.07 Å². The molecular formula is C14H17N3O2. The highest BCUT2D eigenvalue weighted by atomic mass is 16.3. The first kappa shape index (κ1) is 13.2. The third-order valence-electron chi connectivity index (χ3n) is 2.97. The highest BCUT2D eigenvalue weighted by molar-refractivity contribution is 5.93. The van der Waals surface area contributed by atoms with Crippen LogP contribution in [-0.4, -0.2) is 13.0 Å². The highest BCUT2D eigenvalue weighted by Gasteiger charge is 2.11. The Morgan fingerprint density at radius 3 is 2.84 bits per heavy atom. The van der Waals surface area contributed by atoms with Gasteiger partial charge in [0, 0.05) is 12.7 Å². The van der Waals surface area contributed by atoms with Gasteiger partial charge in [-0.1, -0.05) is 18.2 Å². The molecule has 1 amide bonds. The predicted molar refractivity (Wildman–Crippen MR) is 73.6 cm³/mol. The smallest absolute Gasteiger partial charge is 0.268 e. The Hall–Kier alpha value is -2.27. The van der Waals surface area contributed by atoms with E-state index in [0.29, 0.717) is 17.9 Å². The molecule has 0 aliphatic carbocycles. The number of nitrogen functional groups attached to an aromatic ring is 1. The largest absolute Gasteiger partial charge is 0.467 e. The van der Waals surface area contributed by atoms with Gasteiger partial charge in [0.05, 0.1) is 12.1 Å². The molecule has 0 spiro atoms. The lowest BCUT2D eigenvalue weighted by atomic mass is 10.2. The van der Waals surface area contributed by atoms with E-state index in [4.69, 9.17) is 10.3 Å². The summed E-state index contributed by atoms with van der Waals surface area (Å²) in [6.45, 7) is 2.64. The van der Waals surface area contributed by atoms with E-state index in [1.807, 2.05) is 25.2 Å². The quantitative estimate of drug-likeness (QED) is 0.499. The third kappa shape index (κ3) is 2.95. The van der Waals surface area contributed by atoms with Gasteiger partial charge in [0.1, 0.15) is 12.0 Å². The first-order valence-corrected chi connectivity index (χ1v) is 5.97. The van der Waals surface area contributed by atoms with Crippen LogP contribution < -0.4 is 16.2 Å². The molecule has 0 aliphatic heterocycles. The summed E-state index contributed by atoms with van der Waals surface area (Å²) in [6.07, 6.45) is 1.41. The second kappa shape index (κ2) is 5.58. The zero-order valence-electron chi connectivity index (χ0n) is 11.0. The van der Waals surface area contributed by atoms with Crippen molar-refractivity contribution in [2.24, 2.45) is 5.84 Å². The number of aryl methyl sites for hydroxylation is 1. The Balaban J connectivity index is 2.11. The number of para-hydroxylation sites is 1. The van der Waals surface area contributed by atoms with Gasteiger partial charge >= 0.3 is 0 Å². The lowest BCUT2D eigenvalue weighted by molar-refractivity contribution is 0.0953. The maximum atomic E-state index is 11.3. The van der Waals surface area contributed by atoms with Crippen molar-refractivity contribution in [1.29, 1.82) is 0 Å². The summed E-state index contributed by atoms with van der Waals surface area (Å²) < 4.78 is 5.36. The lowest BCUT2D eigenvalue weighted by Crippen LogP contribution is -2.29. The molecule has 19 heavy (non-hydrogen) atoms. The number of nitrogens with zero attached hydrogens (tertiary/aromatic N) is 1. The number of nitrogens with one attached hydrogen (secondary N) is 1. The van der Waals surface area contributed by atoms with Crippen molar-refractivity contribution < 1.29 is 9.21 Å². The number of rotatable bonds is 4. The zero-order chi connectivity index (χ0) is 13.8. The SMILES string of the molecule is Cc1ccccc1N(C)Cc1cc(C(=O)NN)co1. The first-order chi connectivity index (χ1) is 9.11. The number of carbonyl (C=O) groups is 1. The van der Waals surface area contributed by atoms with Crippen LogP contribution in [0.4, 0.5) is 5.69 Å². The average Bonchev–Trinajstić information content (AvgIpc) is 2.86. The number of carbonyl (C=O) groups excluding carboxylic acids is 1. The van der Waals surface area contributed by atoms with Crippen molar-refractivity contribution in [2.75, 3.05) is 11.9 Å². The highest BCUT2D eigenvalue weighted by Crippen LogP contribution is 2.20. The summed E-state index contributed by atoms with van der Waals surface area (Å²) in [5.74, 6) is 5.43. The molecule has 1 aromatic carbocycles. The summed E-state index contributed by atoms with van der Waals surface area (Å²) in [5, 5.41) is 0. The van der Waals surface area contributed by atoms with Crippen LogP contribution >= 0.6 is 0 Å². The maximum Gasteiger partial charge on any atom is 0.268 e. The molecule has 0 saturated heterocycles. The second-order valence-corrected chi connectivity index (χ2v) is 4.42. The van der Waals surface area contributed by atoms with E-state index in [9.17, 15) is 4.79 Å². The molecule has 3 N–H and O–H groups in total. The molecule has 100 valence electrons. The summed E-state index contributed by atoms with van der Waals surface area (Å²) >= 11 is 0. The van der Waals surface area contributed by atoms with E-state index in [1.165, 1.54) is 11.8 Å². The van der Waals surface area contributed by atoms with Crippen LogP contribution in [0.1, 0.15) is 21.7 Å². The number of benzene rings is 1. The summed E-state index contributed by atoms with van der Waals surface area (Å²) in [4.78, 5) is 13.4. The van der Waals surface area contributed by atoms with Gasteiger partial charge in [-0.25, -0.2) is 5.84 Å². The number of amides is 1. The van der Waals surface area contributed by atoms with Crippen LogP contribution in [0.15, 0.2) is 41.0 Å². The number of hydrogen-bond acceptors (Lipinski definition) is 4. The molecule has 0 aliphatic rings. The fourth-order valence-corrected chi connectivity index (χ4v) is 1.98. The second-order valence-electron chi connectivity index (χ2n) is 4.42. The molecule has 2 aromatic rings. The Bertz CT molecular complexity index is 578. The molecule has 5 heteroatoms. The van der Waals surface area contributed by atoms with Gasteiger partial charge < -0.3 is 9.32 Å². The van der Waals surface area contributed by atoms with E-state index >= 15 is 0 Å². The van der Waals surface area contributed by atoms with Crippen molar-refractivity contribution in [3.63, 3.8) is 0 Å². The molecule has 1 heterocycles.